The maximum atomic E-state index is 13.4. The molecule has 0 radical (unpaired) electrons. The number of rotatable bonds is 8. The first-order valence-corrected chi connectivity index (χ1v) is 11.7. The third kappa shape index (κ3) is 5.55. The van der Waals surface area contributed by atoms with Gasteiger partial charge in [-0.1, -0.05) is 47.5 Å². The molecule has 3 aromatic carbocycles. The second-order valence-electron chi connectivity index (χ2n) is 7.72. The highest BCUT2D eigenvalue weighted by atomic mass is 32.2. The van der Waals surface area contributed by atoms with Crippen LogP contribution in [0.4, 0.5) is 5.69 Å². The third-order valence-corrected chi connectivity index (χ3v) is 7.09. The summed E-state index contributed by atoms with van der Waals surface area (Å²) in [4.78, 5) is 14.7. The van der Waals surface area contributed by atoms with Crippen LogP contribution in [0.1, 0.15) is 16.7 Å². The molecule has 0 aromatic heterocycles. The number of carbonyl (C=O) groups is 1. The summed E-state index contributed by atoms with van der Waals surface area (Å²) in [5.41, 5.74) is 3.51. The van der Waals surface area contributed by atoms with Crippen LogP contribution in [0.15, 0.2) is 77.7 Å². The Morgan fingerprint density at radius 2 is 1.38 bits per heavy atom. The van der Waals surface area contributed by atoms with Gasteiger partial charge in [0.2, 0.25) is 15.9 Å². The van der Waals surface area contributed by atoms with E-state index in [0.29, 0.717) is 11.4 Å². The molecular formula is C25H28N2O4S. The zero-order valence-electron chi connectivity index (χ0n) is 18.8. The van der Waals surface area contributed by atoms with Crippen LogP contribution in [0.3, 0.4) is 0 Å². The summed E-state index contributed by atoms with van der Waals surface area (Å²) in [6, 6.07) is 21.3. The Kier molecular flexibility index (Phi) is 7.33. The highest BCUT2D eigenvalue weighted by Gasteiger charge is 2.28. The van der Waals surface area contributed by atoms with E-state index in [-0.39, 0.29) is 23.9 Å². The van der Waals surface area contributed by atoms with Gasteiger partial charge in [-0.3, -0.25) is 4.79 Å². The monoisotopic (exact) mass is 452 g/mol. The number of amides is 1. The molecule has 0 aliphatic carbocycles. The Bertz CT molecular complexity index is 1160. The fourth-order valence-electron chi connectivity index (χ4n) is 3.19. The van der Waals surface area contributed by atoms with E-state index in [9.17, 15) is 13.2 Å². The molecule has 32 heavy (non-hydrogen) atoms. The molecule has 0 fully saturated rings. The van der Waals surface area contributed by atoms with Crippen LogP contribution in [0.5, 0.6) is 5.75 Å². The van der Waals surface area contributed by atoms with Crippen molar-refractivity contribution < 1.29 is 17.9 Å². The second kappa shape index (κ2) is 9.97. The van der Waals surface area contributed by atoms with E-state index >= 15 is 0 Å². The lowest BCUT2D eigenvalue weighted by molar-refractivity contribution is -0.118. The number of benzene rings is 3. The molecule has 0 N–H and O–H groups in total. The molecule has 0 atom stereocenters. The van der Waals surface area contributed by atoms with Crippen molar-refractivity contribution in [2.24, 2.45) is 0 Å². The van der Waals surface area contributed by atoms with Crippen LogP contribution < -0.4 is 9.64 Å². The number of sulfonamides is 1. The second-order valence-corrected chi connectivity index (χ2v) is 9.66. The Labute approximate surface area is 190 Å². The van der Waals surface area contributed by atoms with Crippen molar-refractivity contribution in [1.29, 1.82) is 0 Å². The molecule has 7 heteroatoms. The van der Waals surface area contributed by atoms with Gasteiger partial charge in [0.1, 0.15) is 5.75 Å². The number of aryl methyl sites for hydroxylation is 2. The predicted octanol–water partition coefficient (Wildman–Crippen LogP) is 4.17. The van der Waals surface area contributed by atoms with Gasteiger partial charge in [-0.2, -0.15) is 4.31 Å². The number of hydrogen-bond acceptors (Lipinski definition) is 4. The Hall–Kier alpha value is -3.16. The summed E-state index contributed by atoms with van der Waals surface area (Å²) in [5, 5.41) is 0. The van der Waals surface area contributed by atoms with Gasteiger partial charge >= 0.3 is 0 Å². The van der Waals surface area contributed by atoms with E-state index in [1.807, 2.05) is 38.1 Å². The molecule has 0 bridgehead atoms. The number of likely N-dealkylation sites (N-methyl/N-ethyl adjacent to an activating group) is 1. The van der Waals surface area contributed by atoms with Crippen LogP contribution in [0.2, 0.25) is 0 Å². The molecule has 6 nitrogen and oxygen atoms in total. The van der Waals surface area contributed by atoms with E-state index in [0.717, 1.165) is 16.7 Å². The number of anilines is 1. The van der Waals surface area contributed by atoms with E-state index < -0.39 is 10.0 Å². The topological polar surface area (TPSA) is 66.9 Å². The van der Waals surface area contributed by atoms with Crippen LogP contribution in [0.25, 0.3) is 0 Å². The SMILES string of the molecule is COc1ccc(N(C)C(=O)CN(Cc2ccc(C)cc2)S(=O)(=O)c2ccc(C)cc2)cc1. The maximum absolute atomic E-state index is 13.4. The summed E-state index contributed by atoms with van der Waals surface area (Å²) in [6.45, 7) is 3.68. The fraction of sp³-hybridized carbons (Fsp3) is 0.240. The number of hydrogen-bond donors (Lipinski definition) is 0. The molecule has 0 aliphatic heterocycles. The summed E-state index contributed by atoms with van der Waals surface area (Å²) < 4.78 is 33.3. The average Bonchev–Trinajstić information content (AvgIpc) is 2.79. The number of ether oxygens (including phenoxy) is 1. The highest BCUT2D eigenvalue weighted by Crippen LogP contribution is 2.22. The minimum absolute atomic E-state index is 0.0959. The first-order chi connectivity index (χ1) is 15.2. The molecule has 0 spiro atoms. The third-order valence-electron chi connectivity index (χ3n) is 5.28. The number of nitrogens with zero attached hydrogens (tertiary/aromatic N) is 2. The van der Waals surface area contributed by atoms with Crippen LogP contribution in [-0.2, 0) is 21.4 Å². The van der Waals surface area contributed by atoms with Gasteiger partial charge in [-0.25, -0.2) is 8.42 Å². The normalized spacial score (nSPS) is 11.4. The highest BCUT2D eigenvalue weighted by molar-refractivity contribution is 7.89. The average molecular weight is 453 g/mol. The quantitative estimate of drug-likeness (QED) is 0.515. The first-order valence-electron chi connectivity index (χ1n) is 10.2. The molecule has 168 valence electrons. The summed E-state index contributed by atoms with van der Waals surface area (Å²) in [5.74, 6) is 0.343. The molecule has 0 heterocycles. The van der Waals surface area contributed by atoms with Gasteiger partial charge in [-0.15, -0.1) is 0 Å². The maximum Gasteiger partial charge on any atom is 0.243 e. The number of methoxy groups -OCH3 is 1. The molecule has 1 amide bonds. The molecule has 3 aromatic rings. The zero-order chi connectivity index (χ0) is 23.3. The van der Waals surface area contributed by atoms with E-state index in [1.165, 1.54) is 9.21 Å². The lowest BCUT2D eigenvalue weighted by Gasteiger charge is -2.25. The molecule has 0 saturated heterocycles. The molecule has 0 aliphatic rings. The minimum atomic E-state index is -3.88. The fourth-order valence-corrected chi connectivity index (χ4v) is 4.57. The van der Waals surface area contributed by atoms with E-state index in [1.54, 1.807) is 62.7 Å². The van der Waals surface area contributed by atoms with Crippen molar-refractivity contribution in [3.05, 3.63) is 89.5 Å². The lowest BCUT2D eigenvalue weighted by atomic mass is 10.1. The Morgan fingerprint density at radius 1 is 0.844 bits per heavy atom. The van der Waals surface area contributed by atoms with Crippen molar-refractivity contribution in [2.75, 3.05) is 25.6 Å². The summed E-state index contributed by atoms with van der Waals surface area (Å²) in [7, 11) is -0.678. The minimum Gasteiger partial charge on any atom is -0.497 e. The van der Waals surface area contributed by atoms with Gasteiger partial charge in [0.05, 0.1) is 18.6 Å². The van der Waals surface area contributed by atoms with Crippen molar-refractivity contribution in [1.82, 2.24) is 4.31 Å². The van der Waals surface area contributed by atoms with Gasteiger partial charge in [0.15, 0.2) is 0 Å². The van der Waals surface area contributed by atoms with Crippen molar-refractivity contribution >= 4 is 21.6 Å². The van der Waals surface area contributed by atoms with Gasteiger partial charge < -0.3 is 9.64 Å². The van der Waals surface area contributed by atoms with Crippen LogP contribution in [0, 0.1) is 13.8 Å². The van der Waals surface area contributed by atoms with Crippen molar-refractivity contribution in [2.45, 2.75) is 25.3 Å². The van der Waals surface area contributed by atoms with Crippen molar-refractivity contribution in [3.8, 4) is 5.75 Å². The zero-order valence-corrected chi connectivity index (χ0v) is 19.6. The van der Waals surface area contributed by atoms with Crippen LogP contribution >= 0.6 is 0 Å². The van der Waals surface area contributed by atoms with Crippen LogP contribution in [-0.4, -0.2) is 39.3 Å². The molecule has 0 saturated carbocycles. The first kappa shape index (κ1) is 23.5. The Balaban J connectivity index is 1.89. The van der Waals surface area contributed by atoms with Gasteiger partial charge in [-0.05, 0) is 55.8 Å². The molecule has 0 unspecified atom stereocenters. The largest absolute Gasteiger partial charge is 0.497 e. The molecular weight excluding hydrogens is 424 g/mol. The smallest absolute Gasteiger partial charge is 0.243 e. The Morgan fingerprint density at radius 3 is 1.91 bits per heavy atom. The van der Waals surface area contributed by atoms with Gasteiger partial charge in [0.25, 0.3) is 0 Å². The van der Waals surface area contributed by atoms with E-state index in [4.69, 9.17) is 4.74 Å². The van der Waals surface area contributed by atoms with Crippen molar-refractivity contribution in [3.63, 3.8) is 0 Å². The molecule has 3 rings (SSSR count). The number of carbonyl (C=O) groups excluding carboxylic acids is 1. The predicted molar refractivity (Wildman–Crippen MR) is 126 cm³/mol. The summed E-state index contributed by atoms with van der Waals surface area (Å²) in [6.07, 6.45) is 0. The standard InChI is InChI=1S/C25H28N2O4S/c1-19-5-9-21(10-6-19)17-27(32(29,30)24-15-7-20(2)8-16-24)18-25(28)26(3)22-11-13-23(31-4)14-12-22/h5-16H,17-18H2,1-4H3. The van der Waals surface area contributed by atoms with Gasteiger partial charge in [0, 0.05) is 19.3 Å². The van der Waals surface area contributed by atoms with E-state index in [2.05, 4.69) is 0 Å². The summed E-state index contributed by atoms with van der Waals surface area (Å²) >= 11 is 0. The lowest BCUT2D eigenvalue weighted by Crippen LogP contribution is -2.41.